The van der Waals surface area contributed by atoms with Crippen molar-refractivity contribution in [1.82, 2.24) is 29.4 Å². The Kier molecular flexibility index (Phi) is 6.67. The van der Waals surface area contributed by atoms with Crippen LogP contribution < -0.4 is 9.47 Å². The molecule has 2 aliphatic rings. The molecule has 1 aliphatic heterocycles. The Labute approximate surface area is 226 Å². The van der Waals surface area contributed by atoms with Gasteiger partial charge in [0.1, 0.15) is 30.1 Å². The molecule has 4 aromatic rings. The Hall–Kier alpha value is -3.27. The number of pyridine rings is 1. The van der Waals surface area contributed by atoms with Gasteiger partial charge in [-0.05, 0) is 69.0 Å². The standard InChI is InChI=1S/C28H31ClN6O3/c1-18-5-9-30-19(13-18)15-35-25(33-24-26(35)31-17-32-27(24)38-28(2)7-8-28)22-4-3-21(14-23(22)29)37-12-11-34-10-6-20(36)16-34/h3-5,9,13-14,17,20,36H,6-8,10-12,15-16H2,1-2H3/t20-/m1/s1. The molecule has 1 saturated heterocycles. The molecule has 9 nitrogen and oxygen atoms in total. The summed E-state index contributed by atoms with van der Waals surface area (Å²) in [4.78, 5) is 20.7. The van der Waals surface area contributed by atoms with E-state index < -0.39 is 0 Å². The van der Waals surface area contributed by atoms with Crippen LogP contribution in [-0.2, 0) is 6.54 Å². The number of hydrogen-bond acceptors (Lipinski definition) is 8. The van der Waals surface area contributed by atoms with E-state index in [1.807, 2.05) is 42.0 Å². The van der Waals surface area contributed by atoms with E-state index in [9.17, 15) is 5.11 Å². The molecule has 1 aromatic carbocycles. The molecule has 1 N–H and O–H groups in total. The average molecular weight is 535 g/mol. The predicted molar refractivity (Wildman–Crippen MR) is 145 cm³/mol. The van der Waals surface area contributed by atoms with Crippen molar-refractivity contribution in [1.29, 1.82) is 0 Å². The Morgan fingerprint density at radius 1 is 1.16 bits per heavy atom. The number of aromatic nitrogens is 5. The third-order valence-electron chi connectivity index (χ3n) is 7.19. The summed E-state index contributed by atoms with van der Waals surface area (Å²) in [5.74, 6) is 1.83. The van der Waals surface area contributed by atoms with Crippen LogP contribution >= 0.6 is 11.6 Å². The third kappa shape index (κ3) is 5.32. The Morgan fingerprint density at radius 2 is 2.03 bits per heavy atom. The van der Waals surface area contributed by atoms with Crippen molar-refractivity contribution >= 4 is 22.8 Å². The molecule has 0 spiro atoms. The predicted octanol–water partition coefficient (Wildman–Crippen LogP) is 4.28. The van der Waals surface area contributed by atoms with Gasteiger partial charge in [-0.3, -0.25) is 9.88 Å². The lowest BCUT2D eigenvalue weighted by Gasteiger charge is -2.16. The lowest BCUT2D eigenvalue weighted by Crippen LogP contribution is -2.27. The van der Waals surface area contributed by atoms with E-state index in [1.165, 1.54) is 6.33 Å². The van der Waals surface area contributed by atoms with E-state index >= 15 is 0 Å². The SMILES string of the molecule is Cc1ccnc(Cn2c(-c3ccc(OCCN4CC[C@@H](O)C4)cc3Cl)nc3c(OC4(C)CC4)ncnc32)c1. The topological polar surface area (TPSA) is 98.4 Å². The highest BCUT2D eigenvalue weighted by molar-refractivity contribution is 6.33. The zero-order chi connectivity index (χ0) is 26.3. The Bertz CT molecular complexity index is 1470. The van der Waals surface area contributed by atoms with Crippen molar-refractivity contribution in [3.63, 3.8) is 0 Å². The molecule has 0 amide bonds. The maximum Gasteiger partial charge on any atom is 0.245 e. The largest absolute Gasteiger partial charge is 0.492 e. The lowest BCUT2D eigenvalue weighted by atomic mass is 10.2. The van der Waals surface area contributed by atoms with E-state index in [1.54, 1.807) is 0 Å². The lowest BCUT2D eigenvalue weighted by molar-refractivity contribution is 0.167. The van der Waals surface area contributed by atoms with Crippen molar-refractivity contribution in [2.45, 2.75) is 51.4 Å². The van der Waals surface area contributed by atoms with E-state index in [0.717, 1.165) is 49.2 Å². The summed E-state index contributed by atoms with van der Waals surface area (Å²) in [6, 6.07) is 9.68. The van der Waals surface area contributed by atoms with Gasteiger partial charge in [0.2, 0.25) is 5.88 Å². The number of ether oxygens (including phenoxy) is 2. The van der Waals surface area contributed by atoms with Crippen molar-refractivity contribution in [2.24, 2.45) is 0 Å². The van der Waals surface area contributed by atoms with Gasteiger partial charge in [-0.2, -0.15) is 4.98 Å². The quantitative estimate of drug-likeness (QED) is 0.340. The minimum Gasteiger partial charge on any atom is -0.492 e. The highest BCUT2D eigenvalue weighted by Gasteiger charge is 2.41. The van der Waals surface area contributed by atoms with Crippen LogP contribution in [0.3, 0.4) is 0 Å². The average Bonchev–Trinajstić information content (AvgIpc) is 3.28. The van der Waals surface area contributed by atoms with Crippen molar-refractivity contribution < 1.29 is 14.6 Å². The second-order valence-corrected chi connectivity index (χ2v) is 10.9. The first-order valence-corrected chi connectivity index (χ1v) is 13.4. The van der Waals surface area contributed by atoms with E-state index in [4.69, 9.17) is 26.1 Å². The maximum absolute atomic E-state index is 9.72. The molecular formula is C28H31ClN6O3. The summed E-state index contributed by atoms with van der Waals surface area (Å²) < 4.78 is 14.2. The first kappa shape index (κ1) is 25.0. The molecule has 6 rings (SSSR count). The fourth-order valence-electron chi connectivity index (χ4n) is 4.78. The van der Waals surface area contributed by atoms with E-state index in [0.29, 0.717) is 53.3 Å². The molecule has 198 valence electrons. The van der Waals surface area contributed by atoms with Crippen LogP contribution in [0.25, 0.3) is 22.6 Å². The van der Waals surface area contributed by atoms with Crippen molar-refractivity contribution in [3.8, 4) is 23.0 Å². The molecule has 1 saturated carbocycles. The minimum atomic E-state index is -0.235. The van der Waals surface area contributed by atoms with Gasteiger partial charge in [0.05, 0.1) is 23.4 Å². The molecule has 10 heteroatoms. The third-order valence-corrected chi connectivity index (χ3v) is 7.51. The summed E-state index contributed by atoms with van der Waals surface area (Å²) in [5, 5.41) is 10.2. The van der Waals surface area contributed by atoms with Crippen LogP contribution in [0.1, 0.15) is 37.4 Å². The number of aliphatic hydroxyl groups excluding tert-OH is 1. The van der Waals surface area contributed by atoms with Crippen LogP contribution in [0.5, 0.6) is 11.6 Å². The number of fused-ring (bicyclic) bond motifs is 1. The number of nitrogens with zero attached hydrogens (tertiary/aromatic N) is 6. The molecule has 4 heterocycles. The second-order valence-electron chi connectivity index (χ2n) is 10.5. The summed E-state index contributed by atoms with van der Waals surface area (Å²) in [7, 11) is 0. The molecule has 1 atom stereocenters. The summed E-state index contributed by atoms with van der Waals surface area (Å²) >= 11 is 6.81. The molecule has 3 aromatic heterocycles. The van der Waals surface area contributed by atoms with Crippen LogP contribution in [0.4, 0.5) is 0 Å². The Morgan fingerprint density at radius 3 is 2.76 bits per heavy atom. The number of halogens is 1. The summed E-state index contributed by atoms with van der Waals surface area (Å²) in [6.45, 7) is 7.47. The van der Waals surface area contributed by atoms with Gasteiger partial charge in [0, 0.05) is 31.4 Å². The number of β-amino-alcohol motifs (C(OH)–C–C–N with tert-alkyl or cyclic N) is 1. The van der Waals surface area contributed by atoms with E-state index in [2.05, 4.69) is 32.8 Å². The van der Waals surface area contributed by atoms with Crippen LogP contribution in [0, 0.1) is 6.92 Å². The normalized spacial score (nSPS) is 18.7. The number of likely N-dealkylation sites (tertiary alicyclic amines) is 1. The van der Waals surface area contributed by atoms with Crippen LogP contribution in [-0.4, -0.2) is 72.5 Å². The number of imidazole rings is 1. The summed E-state index contributed by atoms with van der Waals surface area (Å²) in [6.07, 6.45) is 5.89. The zero-order valence-corrected chi connectivity index (χ0v) is 22.4. The zero-order valence-electron chi connectivity index (χ0n) is 21.6. The smallest absolute Gasteiger partial charge is 0.245 e. The van der Waals surface area contributed by atoms with Gasteiger partial charge in [-0.25, -0.2) is 9.97 Å². The van der Waals surface area contributed by atoms with Gasteiger partial charge in [0.15, 0.2) is 11.2 Å². The van der Waals surface area contributed by atoms with Gasteiger partial charge in [-0.1, -0.05) is 11.6 Å². The van der Waals surface area contributed by atoms with E-state index in [-0.39, 0.29) is 11.7 Å². The monoisotopic (exact) mass is 534 g/mol. The first-order chi connectivity index (χ1) is 18.4. The molecule has 2 fully saturated rings. The number of rotatable bonds is 9. The molecule has 0 radical (unpaired) electrons. The van der Waals surface area contributed by atoms with Gasteiger partial charge < -0.3 is 19.1 Å². The number of aryl methyl sites for hydroxylation is 1. The van der Waals surface area contributed by atoms with Crippen molar-refractivity contribution in [2.75, 3.05) is 26.2 Å². The number of hydrogen-bond donors (Lipinski definition) is 1. The van der Waals surface area contributed by atoms with Gasteiger partial charge in [-0.15, -0.1) is 0 Å². The number of benzene rings is 1. The fourth-order valence-corrected chi connectivity index (χ4v) is 5.03. The van der Waals surface area contributed by atoms with Crippen LogP contribution in [0.15, 0.2) is 42.9 Å². The van der Waals surface area contributed by atoms with Crippen molar-refractivity contribution in [3.05, 3.63) is 59.1 Å². The molecule has 38 heavy (non-hydrogen) atoms. The molecule has 0 bridgehead atoms. The maximum atomic E-state index is 9.72. The molecular weight excluding hydrogens is 504 g/mol. The second kappa shape index (κ2) is 10.1. The molecule has 1 aliphatic carbocycles. The van der Waals surface area contributed by atoms with Gasteiger partial charge in [0.25, 0.3) is 0 Å². The van der Waals surface area contributed by atoms with Crippen LogP contribution in [0.2, 0.25) is 5.02 Å². The fraction of sp³-hybridized carbons (Fsp3) is 0.429. The highest BCUT2D eigenvalue weighted by atomic mass is 35.5. The van der Waals surface area contributed by atoms with Gasteiger partial charge >= 0.3 is 0 Å². The minimum absolute atomic E-state index is 0.201. The molecule has 0 unspecified atom stereocenters. The Balaban J connectivity index is 1.32. The summed E-state index contributed by atoms with van der Waals surface area (Å²) in [5.41, 5.74) is 3.85. The highest BCUT2D eigenvalue weighted by Crippen LogP contribution is 2.41. The number of aliphatic hydroxyl groups is 1. The first-order valence-electron chi connectivity index (χ1n) is 13.0.